The molecule has 0 saturated carbocycles. The topological polar surface area (TPSA) is 99.9 Å². The molecule has 0 unspecified atom stereocenters. The summed E-state index contributed by atoms with van der Waals surface area (Å²) in [5.41, 5.74) is 2.29. The van der Waals surface area contributed by atoms with Crippen LogP contribution in [0.1, 0.15) is 10.4 Å². The van der Waals surface area contributed by atoms with E-state index in [1.807, 2.05) is 30.3 Å². The van der Waals surface area contributed by atoms with Gasteiger partial charge in [-0.3, -0.25) is 4.79 Å². The van der Waals surface area contributed by atoms with Crippen LogP contribution in [0.15, 0.2) is 71.3 Å². The lowest BCUT2D eigenvalue weighted by Gasteiger charge is -2.19. The Hall–Kier alpha value is -4.33. The molecule has 0 radical (unpaired) electrons. The van der Waals surface area contributed by atoms with Crippen molar-refractivity contribution in [3.05, 3.63) is 72.3 Å². The highest BCUT2D eigenvalue weighted by molar-refractivity contribution is 6.00. The molecule has 160 valence electrons. The van der Waals surface area contributed by atoms with Crippen LogP contribution in [-0.4, -0.2) is 36.9 Å². The first-order chi connectivity index (χ1) is 15.7. The van der Waals surface area contributed by atoms with Crippen LogP contribution in [0.4, 0.5) is 5.69 Å². The molecule has 2 heterocycles. The maximum Gasteiger partial charge on any atom is 0.338 e. The van der Waals surface area contributed by atoms with E-state index >= 15 is 0 Å². The van der Waals surface area contributed by atoms with Gasteiger partial charge in [0.25, 0.3) is 5.91 Å². The number of hydrogen-bond acceptors (Lipinski definition) is 7. The fourth-order valence-electron chi connectivity index (χ4n) is 3.40. The van der Waals surface area contributed by atoms with Crippen LogP contribution in [0.25, 0.3) is 22.2 Å². The van der Waals surface area contributed by atoms with Gasteiger partial charge in [-0.15, -0.1) is 0 Å². The summed E-state index contributed by atoms with van der Waals surface area (Å²) >= 11 is 0. The fraction of sp³-hybridized carbons (Fsp3) is 0.125. The number of amides is 1. The summed E-state index contributed by atoms with van der Waals surface area (Å²) in [5.74, 6) is 0.657. The summed E-state index contributed by atoms with van der Waals surface area (Å²) in [6.45, 7) is 0.507. The molecule has 8 heteroatoms. The zero-order chi connectivity index (χ0) is 21.9. The number of nitrogens with zero attached hydrogens (tertiary/aromatic N) is 1. The van der Waals surface area contributed by atoms with Gasteiger partial charge in [-0.05, 0) is 30.3 Å². The number of esters is 1. The van der Waals surface area contributed by atoms with Gasteiger partial charge in [-0.2, -0.15) is 0 Å². The summed E-state index contributed by atoms with van der Waals surface area (Å²) in [6.07, 6.45) is 0. The van der Waals surface area contributed by atoms with E-state index in [0.717, 1.165) is 5.56 Å². The van der Waals surface area contributed by atoms with Crippen molar-refractivity contribution in [2.24, 2.45) is 0 Å². The lowest BCUT2D eigenvalue weighted by molar-refractivity contribution is -0.119. The number of ether oxygens (including phenoxy) is 3. The van der Waals surface area contributed by atoms with Crippen LogP contribution in [0.5, 0.6) is 11.5 Å². The number of anilines is 1. The molecule has 0 saturated heterocycles. The van der Waals surface area contributed by atoms with Crippen molar-refractivity contribution in [3.8, 4) is 22.8 Å². The first-order valence-corrected chi connectivity index (χ1v) is 9.99. The van der Waals surface area contributed by atoms with E-state index in [4.69, 9.17) is 18.7 Å². The highest BCUT2D eigenvalue weighted by Gasteiger charge is 2.17. The zero-order valence-electron chi connectivity index (χ0n) is 16.9. The number of rotatable bonds is 5. The molecule has 1 aliphatic rings. The van der Waals surface area contributed by atoms with E-state index in [1.54, 1.807) is 36.4 Å². The maximum atomic E-state index is 12.5. The van der Waals surface area contributed by atoms with Gasteiger partial charge in [-0.25, -0.2) is 4.79 Å². The second-order valence-corrected chi connectivity index (χ2v) is 7.09. The Morgan fingerprint density at radius 2 is 1.75 bits per heavy atom. The second kappa shape index (κ2) is 8.43. The van der Waals surface area contributed by atoms with Gasteiger partial charge in [0.1, 0.15) is 18.7 Å². The van der Waals surface area contributed by atoms with Gasteiger partial charge < -0.3 is 24.1 Å². The molecule has 5 rings (SSSR count). The summed E-state index contributed by atoms with van der Waals surface area (Å²) < 4.78 is 21.6. The monoisotopic (exact) mass is 430 g/mol. The Balaban J connectivity index is 1.25. The number of benzene rings is 3. The summed E-state index contributed by atoms with van der Waals surface area (Å²) in [6, 6.07) is 19.5. The number of hydrogen-bond donors (Lipinski definition) is 1. The molecule has 3 aromatic carbocycles. The van der Waals surface area contributed by atoms with Crippen molar-refractivity contribution >= 4 is 28.5 Å². The standard InChI is InChI=1S/C24H18N2O6/c27-22(25-17-7-9-20-21(13-17)30-11-10-29-20)14-31-24(28)16-6-8-19-18(12-16)23(32-26-19)15-4-2-1-3-5-15/h1-9,12-13H,10-11,14H2,(H,25,27). The lowest BCUT2D eigenvalue weighted by Crippen LogP contribution is -2.21. The Labute approximate surface area is 182 Å². The molecular weight excluding hydrogens is 412 g/mol. The Morgan fingerprint density at radius 1 is 0.938 bits per heavy atom. The van der Waals surface area contributed by atoms with Gasteiger partial charge >= 0.3 is 5.97 Å². The molecule has 8 nitrogen and oxygen atoms in total. The minimum atomic E-state index is -0.621. The highest BCUT2D eigenvalue weighted by atomic mass is 16.6. The van der Waals surface area contributed by atoms with Gasteiger partial charge in [0.15, 0.2) is 23.9 Å². The molecule has 1 N–H and O–H groups in total. The largest absolute Gasteiger partial charge is 0.486 e. The minimum absolute atomic E-state index is 0.296. The second-order valence-electron chi connectivity index (χ2n) is 7.09. The van der Waals surface area contributed by atoms with E-state index in [2.05, 4.69) is 10.5 Å². The van der Waals surface area contributed by atoms with Crippen LogP contribution < -0.4 is 14.8 Å². The third-order valence-corrected chi connectivity index (χ3v) is 4.91. The number of aromatic nitrogens is 1. The van der Waals surface area contributed by atoms with E-state index < -0.39 is 18.5 Å². The molecular formula is C24H18N2O6. The fourth-order valence-corrected chi connectivity index (χ4v) is 3.40. The molecule has 1 aliphatic heterocycles. The molecule has 32 heavy (non-hydrogen) atoms. The number of carbonyl (C=O) groups is 2. The average molecular weight is 430 g/mol. The molecule has 0 fully saturated rings. The first kappa shape index (κ1) is 19.6. The third-order valence-electron chi connectivity index (χ3n) is 4.91. The van der Waals surface area contributed by atoms with Crippen molar-refractivity contribution in [1.29, 1.82) is 0 Å². The normalized spacial score (nSPS) is 12.4. The maximum absolute atomic E-state index is 12.5. The van der Waals surface area contributed by atoms with Crippen LogP contribution in [0.2, 0.25) is 0 Å². The van der Waals surface area contributed by atoms with Gasteiger partial charge in [-0.1, -0.05) is 35.5 Å². The third kappa shape index (κ3) is 3.98. The van der Waals surface area contributed by atoms with Crippen molar-refractivity contribution in [2.75, 3.05) is 25.1 Å². The van der Waals surface area contributed by atoms with Crippen molar-refractivity contribution in [3.63, 3.8) is 0 Å². The number of fused-ring (bicyclic) bond motifs is 2. The van der Waals surface area contributed by atoms with E-state index in [1.165, 1.54) is 0 Å². The van der Waals surface area contributed by atoms with Crippen LogP contribution in [-0.2, 0) is 9.53 Å². The highest BCUT2D eigenvalue weighted by Crippen LogP contribution is 2.32. The van der Waals surface area contributed by atoms with E-state index in [0.29, 0.717) is 52.6 Å². The predicted molar refractivity (Wildman–Crippen MR) is 116 cm³/mol. The quantitative estimate of drug-likeness (QED) is 0.477. The predicted octanol–water partition coefficient (Wildman–Crippen LogP) is 4.06. The molecule has 0 spiro atoms. The molecule has 0 aliphatic carbocycles. The van der Waals surface area contributed by atoms with Gasteiger partial charge in [0.05, 0.1) is 10.9 Å². The number of nitrogens with one attached hydrogen (secondary N) is 1. The molecule has 4 aromatic rings. The SMILES string of the molecule is O=C(COC(=O)c1ccc2noc(-c3ccccc3)c2c1)Nc1ccc2c(c1)OCCO2. The number of carbonyl (C=O) groups excluding carboxylic acids is 2. The van der Waals surface area contributed by atoms with Crippen molar-refractivity contribution in [2.45, 2.75) is 0 Å². The zero-order valence-corrected chi connectivity index (χ0v) is 16.9. The van der Waals surface area contributed by atoms with E-state index in [9.17, 15) is 9.59 Å². The van der Waals surface area contributed by atoms with E-state index in [-0.39, 0.29) is 0 Å². The smallest absolute Gasteiger partial charge is 0.338 e. The molecule has 1 amide bonds. The summed E-state index contributed by atoms with van der Waals surface area (Å²) in [5, 5.41) is 7.40. The molecule has 0 bridgehead atoms. The lowest BCUT2D eigenvalue weighted by atomic mass is 10.1. The van der Waals surface area contributed by atoms with Crippen LogP contribution in [0.3, 0.4) is 0 Å². The van der Waals surface area contributed by atoms with Crippen LogP contribution in [0, 0.1) is 0 Å². The summed E-state index contributed by atoms with van der Waals surface area (Å²) in [7, 11) is 0. The molecule has 0 atom stereocenters. The van der Waals surface area contributed by atoms with Crippen molar-refractivity contribution in [1.82, 2.24) is 5.16 Å². The Morgan fingerprint density at radius 3 is 2.59 bits per heavy atom. The Bertz CT molecular complexity index is 1300. The van der Waals surface area contributed by atoms with Crippen LogP contribution >= 0.6 is 0 Å². The Kier molecular flexibility index (Phi) is 5.17. The van der Waals surface area contributed by atoms with Gasteiger partial charge in [0, 0.05) is 17.3 Å². The first-order valence-electron chi connectivity index (χ1n) is 9.99. The van der Waals surface area contributed by atoms with Crippen molar-refractivity contribution < 1.29 is 28.3 Å². The minimum Gasteiger partial charge on any atom is -0.486 e. The van der Waals surface area contributed by atoms with Gasteiger partial charge in [0.2, 0.25) is 0 Å². The molecule has 1 aromatic heterocycles. The summed E-state index contributed by atoms with van der Waals surface area (Å²) in [4.78, 5) is 24.8. The average Bonchev–Trinajstić information content (AvgIpc) is 3.26.